The van der Waals surface area contributed by atoms with Crippen LogP contribution in [0.25, 0.3) is 0 Å². The summed E-state index contributed by atoms with van der Waals surface area (Å²) in [6.45, 7) is 1.86. The average molecular weight is 358 g/mol. The summed E-state index contributed by atoms with van der Waals surface area (Å²) in [7, 11) is 0. The lowest BCUT2D eigenvalue weighted by Crippen LogP contribution is -2.55. The molecule has 0 bridgehead atoms. The number of rotatable bonds is 4. The first kappa shape index (κ1) is 18.5. The van der Waals surface area contributed by atoms with E-state index in [2.05, 4.69) is 0 Å². The summed E-state index contributed by atoms with van der Waals surface area (Å²) in [6.07, 6.45) is 1.49. The molecule has 3 rings (SSSR count). The predicted molar refractivity (Wildman–Crippen MR) is 88.5 cm³/mol. The first-order valence-corrected chi connectivity index (χ1v) is 7.72. The number of halogens is 2. The molecule has 24 heavy (non-hydrogen) atoms. The van der Waals surface area contributed by atoms with Gasteiger partial charge in [-0.1, -0.05) is 0 Å². The van der Waals surface area contributed by atoms with Crippen molar-refractivity contribution in [3.63, 3.8) is 0 Å². The summed E-state index contributed by atoms with van der Waals surface area (Å²) in [5.74, 6) is -0.0485. The Morgan fingerprint density at radius 3 is 2.17 bits per heavy atom. The highest BCUT2D eigenvalue weighted by Gasteiger charge is 2.48. The van der Waals surface area contributed by atoms with Crippen LogP contribution in [-0.4, -0.2) is 59.9 Å². The topological polar surface area (TPSA) is 75.9 Å². The fourth-order valence-corrected chi connectivity index (χ4v) is 2.59. The van der Waals surface area contributed by atoms with Crippen LogP contribution >= 0.6 is 12.4 Å². The standard InChI is InChI=1S/C16H20FN3O3.ClH/c17-12-1-3-13(4-2-12)23-11-14(21)19-7-9-20(10-8-19)15(22)16(18)5-6-16;/h1-4H,5-11,18H2;1H. The number of benzene rings is 1. The lowest BCUT2D eigenvalue weighted by molar-refractivity contribution is -0.141. The van der Waals surface area contributed by atoms with Gasteiger partial charge >= 0.3 is 0 Å². The van der Waals surface area contributed by atoms with Gasteiger partial charge in [-0.05, 0) is 37.1 Å². The maximum atomic E-state index is 12.8. The van der Waals surface area contributed by atoms with E-state index in [1.807, 2.05) is 0 Å². The lowest BCUT2D eigenvalue weighted by Gasteiger charge is -2.36. The summed E-state index contributed by atoms with van der Waals surface area (Å²) in [5.41, 5.74) is 5.26. The van der Waals surface area contributed by atoms with Crippen LogP contribution in [-0.2, 0) is 9.59 Å². The molecule has 1 aliphatic heterocycles. The molecule has 2 N–H and O–H groups in total. The van der Waals surface area contributed by atoms with E-state index in [1.54, 1.807) is 9.80 Å². The average Bonchev–Trinajstić information content (AvgIpc) is 3.32. The molecule has 0 atom stereocenters. The number of ether oxygens (including phenoxy) is 1. The Morgan fingerprint density at radius 2 is 1.62 bits per heavy atom. The van der Waals surface area contributed by atoms with Crippen LogP contribution in [0.15, 0.2) is 24.3 Å². The van der Waals surface area contributed by atoms with Crippen LogP contribution in [0.4, 0.5) is 4.39 Å². The number of amides is 2. The van der Waals surface area contributed by atoms with Gasteiger partial charge < -0.3 is 20.3 Å². The Morgan fingerprint density at radius 1 is 1.08 bits per heavy atom. The van der Waals surface area contributed by atoms with Crippen LogP contribution in [0.3, 0.4) is 0 Å². The van der Waals surface area contributed by atoms with Crippen molar-refractivity contribution in [3.8, 4) is 5.75 Å². The third-order valence-electron chi connectivity index (χ3n) is 4.31. The van der Waals surface area contributed by atoms with Crippen LogP contribution in [0.2, 0.25) is 0 Å². The fraction of sp³-hybridized carbons (Fsp3) is 0.500. The molecule has 132 valence electrons. The quantitative estimate of drug-likeness (QED) is 0.864. The number of hydrogen-bond donors (Lipinski definition) is 1. The zero-order valence-electron chi connectivity index (χ0n) is 13.2. The smallest absolute Gasteiger partial charge is 0.260 e. The lowest BCUT2D eigenvalue weighted by atomic mass is 10.2. The summed E-state index contributed by atoms with van der Waals surface area (Å²) in [4.78, 5) is 27.7. The Hall–Kier alpha value is -1.86. The highest BCUT2D eigenvalue weighted by Crippen LogP contribution is 2.34. The number of nitrogens with zero attached hydrogens (tertiary/aromatic N) is 2. The molecule has 0 radical (unpaired) electrons. The van der Waals surface area contributed by atoms with Gasteiger partial charge in [0.05, 0.1) is 5.54 Å². The molecule has 0 aromatic heterocycles. The molecule has 1 aromatic carbocycles. The van der Waals surface area contributed by atoms with Crippen LogP contribution in [0.1, 0.15) is 12.8 Å². The Bertz CT molecular complexity index is 599. The number of nitrogens with two attached hydrogens (primary N) is 1. The number of piperazine rings is 1. The van der Waals surface area contributed by atoms with Gasteiger partial charge in [0.25, 0.3) is 5.91 Å². The minimum Gasteiger partial charge on any atom is -0.484 e. The third-order valence-corrected chi connectivity index (χ3v) is 4.31. The first-order valence-electron chi connectivity index (χ1n) is 7.72. The molecule has 2 fully saturated rings. The second-order valence-electron chi connectivity index (χ2n) is 6.07. The zero-order valence-corrected chi connectivity index (χ0v) is 14.1. The fourth-order valence-electron chi connectivity index (χ4n) is 2.59. The van der Waals surface area contributed by atoms with Gasteiger partial charge in [0.15, 0.2) is 6.61 Å². The van der Waals surface area contributed by atoms with Crippen molar-refractivity contribution < 1.29 is 18.7 Å². The molecule has 8 heteroatoms. The van der Waals surface area contributed by atoms with Gasteiger partial charge in [-0.15, -0.1) is 12.4 Å². The highest BCUT2D eigenvalue weighted by atomic mass is 35.5. The normalized spacial score (nSPS) is 18.6. The highest BCUT2D eigenvalue weighted by molar-refractivity contribution is 5.89. The van der Waals surface area contributed by atoms with Crippen LogP contribution in [0, 0.1) is 5.82 Å². The molecule has 1 aliphatic carbocycles. The van der Waals surface area contributed by atoms with Gasteiger partial charge in [-0.25, -0.2) is 4.39 Å². The van der Waals surface area contributed by atoms with Crippen molar-refractivity contribution in [1.82, 2.24) is 9.80 Å². The van der Waals surface area contributed by atoms with E-state index < -0.39 is 5.54 Å². The maximum absolute atomic E-state index is 12.8. The summed E-state index contributed by atoms with van der Waals surface area (Å²) >= 11 is 0. The molecule has 6 nitrogen and oxygen atoms in total. The molecule has 1 saturated carbocycles. The maximum Gasteiger partial charge on any atom is 0.260 e. The second kappa shape index (κ2) is 7.36. The van der Waals surface area contributed by atoms with Crippen molar-refractivity contribution in [3.05, 3.63) is 30.1 Å². The molecule has 2 amide bonds. The minimum absolute atomic E-state index is 0. The van der Waals surface area contributed by atoms with E-state index in [4.69, 9.17) is 10.5 Å². The largest absolute Gasteiger partial charge is 0.484 e. The summed E-state index contributed by atoms with van der Waals surface area (Å²) in [6, 6.07) is 5.53. The van der Waals surface area contributed by atoms with Crippen LogP contribution in [0.5, 0.6) is 5.75 Å². The van der Waals surface area contributed by atoms with E-state index in [1.165, 1.54) is 24.3 Å². The monoisotopic (exact) mass is 357 g/mol. The minimum atomic E-state index is -0.655. The molecule has 1 aromatic rings. The Balaban J connectivity index is 0.00000208. The van der Waals surface area contributed by atoms with Crippen molar-refractivity contribution in [1.29, 1.82) is 0 Å². The second-order valence-corrected chi connectivity index (χ2v) is 6.07. The number of hydrogen-bond acceptors (Lipinski definition) is 4. The van der Waals surface area contributed by atoms with E-state index in [0.29, 0.717) is 31.9 Å². The molecular weight excluding hydrogens is 337 g/mol. The molecular formula is C16H21ClFN3O3. The van der Waals surface area contributed by atoms with E-state index in [-0.39, 0.29) is 36.6 Å². The van der Waals surface area contributed by atoms with Gasteiger partial charge in [0.1, 0.15) is 11.6 Å². The van der Waals surface area contributed by atoms with Crippen molar-refractivity contribution in [2.45, 2.75) is 18.4 Å². The molecule has 0 spiro atoms. The molecule has 1 heterocycles. The van der Waals surface area contributed by atoms with Gasteiger partial charge in [0, 0.05) is 26.2 Å². The van der Waals surface area contributed by atoms with E-state index in [0.717, 1.165) is 12.8 Å². The van der Waals surface area contributed by atoms with Gasteiger partial charge in [0.2, 0.25) is 5.91 Å². The molecule has 0 unspecified atom stereocenters. The molecule has 1 saturated heterocycles. The number of carbonyl (C=O) groups excluding carboxylic acids is 2. The first-order chi connectivity index (χ1) is 11.0. The van der Waals surface area contributed by atoms with Gasteiger partial charge in [-0.2, -0.15) is 0 Å². The van der Waals surface area contributed by atoms with Crippen molar-refractivity contribution in [2.24, 2.45) is 5.73 Å². The van der Waals surface area contributed by atoms with Gasteiger partial charge in [-0.3, -0.25) is 9.59 Å². The Labute approximate surface area is 146 Å². The third kappa shape index (κ3) is 4.15. The molecule has 2 aliphatic rings. The van der Waals surface area contributed by atoms with Crippen molar-refractivity contribution >= 4 is 24.2 Å². The number of carbonyl (C=O) groups is 2. The van der Waals surface area contributed by atoms with E-state index >= 15 is 0 Å². The van der Waals surface area contributed by atoms with Crippen molar-refractivity contribution in [2.75, 3.05) is 32.8 Å². The SMILES string of the molecule is Cl.NC1(C(=O)N2CCN(C(=O)COc3ccc(F)cc3)CC2)CC1. The van der Waals surface area contributed by atoms with Crippen LogP contribution < -0.4 is 10.5 Å². The summed E-state index contributed by atoms with van der Waals surface area (Å²) in [5, 5.41) is 0. The van der Waals surface area contributed by atoms with E-state index in [9.17, 15) is 14.0 Å². The zero-order chi connectivity index (χ0) is 16.4. The Kier molecular flexibility index (Phi) is 5.66. The summed E-state index contributed by atoms with van der Waals surface area (Å²) < 4.78 is 18.2. The predicted octanol–water partition coefficient (Wildman–Crippen LogP) is 0.788.